The summed E-state index contributed by atoms with van der Waals surface area (Å²) in [5, 5.41) is 12.4. The van der Waals surface area contributed by atoms with E-state index in [1.165, 1.54) is 21.3 Å². The molecule has 7 rings (SSSR count). The fraction of sp³-hybridized carbons (Fsp3) is 0.405. The standard InChI is InChI=1S/C42H50N10O7/c1-25(58-4)36(48-41(55)59-5)40(54)52-19-7-9-34(52)38-45-23-32(47-38)29-16-12-27(13-17-29)26-10-14-28(15-11-26)31-22-44-37(46-31)33-8-6-18-51(33)39(53)35(50(3)42(56)57)20-30-21-43-24-49(30)2/h10-17,21-25,33-36H,6-9,18-20H2,1-5H3,(H,44,46)(H,45,47)(H,48,55)(H,56,57)/t25-,33+,34?,35+,36+/m1/s1. The van der Waals surface area contributed by atoms with E-state index in [4.69, 9.17) is 9.47 Å². The second-order valence-corrected chi connectivity index (χ2v) is 15.1. The molecule has 310 valence electrons. The van der Waals surface area contributed by atoms with Crippen LogP contribution in [0.15, 0.2) is 73.4 Å². The number of likely N-dealkylation sites (tertiary alicyclic amines) is 2. The Morgan fingerprint density at radius 1 is 0.831 bits per heavy atom. The molecule has 0 aliphatic carbocycles. The predicted octanol–water partition coefficient (Wildman–Crippen LogP) is 5.17. The molecule has 4 N–H and O–H groups in total. The molecular formula is C42H50N10O7. The zero-order valence-corrected chi connectivity index (χ0v) is 33.8. The van der Waals surface area contributed by atoms with Gasteiger partial charge in [-0.1, -0.05) is 48.5 Å². The SMILES string of the molecule is COC(=O)N[C@H](C(=O)N1CCCC1c1ncc(-c2ccc(-c3ccc(-c4cnc([C@@H]5CCCN5C(=O)[C@H](Cc5cncn5C)N(C)C(=O)O)[nH]4)cc3)cc2)[nH]1)[C@@H](C)OC. The molecule has 5 atom stereocenters. The van der Waals surface area contributed by atoms with Gasteiger partial charge in [0.2, 0.25) is 11.8 Å². The number of ether oxygens (including phenoxy) is 2. The summed E-state index contributed by atoms with van der Waals surface area (Å²) in [6.45, 7) is 2.77. The third-order valence-electron chi connectivity index (χ3n) is 11.6. The van der Waals surface area contributed by atoms with Gasteiger partial charge in [-0.25, -0.2) is 24.5 Å². The average Bonchev–Trinajstić information content (AvgIpc) is 4.11. The van der Waals surface area contributed by atoms with Crippen molar-refractivity contribution < 1.29 is 33.8 Å². The fourth-order valence-corrected chi connectivity index (χ4v) is 7.99. The number of amides is 4. The molecule has 2 saturated heterocycles. The number of hydrogen-bond acceptors (Lipinski definition) is 9. The number of aromatic nitrogens is 6. The minimum Gasteiger partial charge on any atom is -0.465 e. The molecule has 2 aliphatic rings. The smallest absolute Gasteiger partial charge is 0.407 e. The van der Waals surface area contributed by atoms with Crippen molar-refractivity contribution in [2.24, 2.45) is 7.05 Å². The molecule has 5 aromatic rings. The first kappa shape index (κ1) is 40.7. The quantitative estimate of drug-likeness (QED) is 0.123. The summed E-state index contributed by atoms with van der Waals surface area (Å²) in [4.78, 5) is 76.5. The van der Waals surface area contributed by atoms with E-state index in [-0.39, 0.29) is 30.3 Å². The molecule has 0 radical (unpaired) electrons. The van der Waals surface area contributed by atoms with Crippen molar-refractivity contribution in [3.63, 3.8) is 0 Å². The number of alkyl carbamates (subject to hydrolysis) is 1. The van der Waals surface area contributed by atoms with E-state index in [1.807, 2.05) is 43.4 Å². The minimum absolute atomic E-state index is 0.211. The number of likely N-dealkylation sites (N-methyl/N-ethyl adjacent to an activating group) is 1. The van der Waals surface area contributed by atoms with Gasteiger partial charge in [-0.3, -0.25) is 14.5 Å². The molecule has 0 spiro atoms. The van der Waals surface area contributed by atoms with Gasteiger partial charge >= 0.3 is 12.2 Å². The molecule has 0 saturated carbocycles. The van der Waals surface area contributed by atoms with Crippen molar-refractivity contribution in [1.82, 2.24) is 49.5 Å². The summed E-state index contributed by atoms with van der Waals surface area (Å²) in [5.41, 5.74) is 6.35. The zero-order valence-electron chi connectivity index (χ0n) is 33.8. The Balaban J connectivity index is 1.01. The van der Waals surface area contributed by atoms with E-state index in [1.54, 1.807) is 46.2 Å². The Morgan fingerprint density at radius 2 is 1.34 bits per heavy atom. The number of H-pyrrole nitrogens is 2. The Hall–Kier alpha value is -6.49. The number of aromatic amines is 2. The van der Waals surface area contributed by atoms with Gasteiger partial charge in [-0.2, -0.15) is 0 Å². The van der Waals surface area contributed by atoms with Gasteiger partial charge < -0.3 is 44.2 Å². The van der Waals surface area contributed by atoms with Crippen molar-refractivity contribution in [1.29, 1.82) is 0 Å². The first-order valence-electron chi connectivity index (χ1n) is 19.7. The number of nitrogens with one attached hydrogen (secondary N) is 3. The molecule has 5 heterocycles. The lowest BCUT2D eigenvalue weighted by Crippen LogP contribution is -2.54. The van der Waals surface area contributed by atoms with Crippen LogP contribution in [0.25, 0.3) is 33.6 Å². The monoisotopic (exact) mass is 806 g/mol. The highest BCUT2D eigenvalue weighted by Crippen LogP contribution is 2.35. The number of carbonyl (C=O) groups excluding carboxylic acids is 3. The molecule has 17 heteroatoms. The second-order valence-electron chi connectivity index (χ2n) is 15.1. The number of methoxy groups -OCH3 is 2. The molecule has 17 nitrogen and oxygen atoms in total. The maximum Gasteiger partial charge on any atom is 0.407 e. The normalized spacial score (nSPS) is 18.1. The number of benzene rings is 2. The van der Waals surface area contributed by atoms with Gasteiger partial charge in [0.25, 0.3) is 0 Å². The van der Waals surface area contributed by atoms with Gasteiger partial charge in [-0.05, 0) is 54.9 Å². The summed E-state index contributed by atoms with van der Waals surface area (Å²) in [7, 11) is 6.00. The predicted molar refractivity (Wildman–Crippen MR) is 217 cm³/mol. The largest absolute Gasteiger partial charge is 0.465 e. The van der Waals surface area contributed by atoms with E-state index in [0.717, 1.165) is 63.5 Å². The lowest BCUT2D eigenvalue weighted by atomic mass is 10.0. The molecule has 59 heavy (non-hydrogen) atoms. The van der Waals surface area contributed by atoms with Crippen LogP contribution in [0, 0.1) is 0 Å². The highest BCUT2D eigenvalue weighted by molar-refractivity contribution is 5.87. The number of carbonyl (C=O) groups is 4. The van der Waals surface area contributed by atoms with E-state index in [0.29, 0.717) is 31.2 Å². The second kappa shape index (κ2) is 17.6. The number of hydrogen-bond donors (Lipinski definition) is 4. The number of imidazole rings is 3. The first-order chi connectivity index (χ1) is 28.5. The summed E-state index contributed by atoms with van der Waals surface area (Å²) in [6, 6.07) is 13.9. The van der Waals surface area contributed by atoms with Crippen molar-refractivity contribution >= 4 is 24.0 Å². The van der Waals surface area contributed by atoms with Gasteiger partial charge in [0, 0.05) is 52.6 Å². The topological polar surface area (TPSA) is 204 Å². The van der Waals surface area contributed by atoms with E-state index >= 15 is 0 Å². The van der Waals surface area contributed by atoms with E-state index in [9.17, 15) is 24.3 Å². The van der Waals surface area contributed by atoms with Gasteiger partial charge in [0.05, 0.1) is 55.4 Å². The molecular weight excluding hydrogens is 757 g/mol. The van der Waals surface area contributed by atoms with E-state index in [2.05, 4.69) is 42.4 Å². The molecule has 2 fully saturated rings. The number of nitrogens with zero attached hydrogens (tertiary/aromatic N) is 7. The highest BCUT2D eigenvalue weighted by atomic mass is 16.5. The Morgan fingerprint density at radius 3 is 1.80 bits per heavy atom. The highest BCUT2D eigenvalue weighted by Gasteiger charge is 2.40. The molecule has 2 aliphatic heterocycles. The lowest BCUT2D eigenvalue weighted by Gasteiger charge is -2.31. The van der Waals surface area contributed by atoms with E-state index < -0.39 is 30.4 Å². The van der Waals surface area contributed by atoms with Crippen LogP contribution in [0.5, 0.6) is 0 Å². The average molecular weight is 807 g/mol. The third kappa shape index (κ3) is 8.55. The van der Waals surface area contributed by atoms with Crippen molar-refractivity contribution in [3.05, 3.63) is 90.8 Å². The summed E-state index contributed by atoms with van der Waals surface area (Å²) in [5.74, 6) is 0.828. The maximum atomic E-state index is 14.0. The van der Waals surface area contributed by atoms with Crippen molar-refractivity contribution in [3.8, 4) is 33.6 Å². The third-order valence-corrected chi connectivity index (χ3v) is 11.6. The number of aryl methyl sites for hydroxylation is 1. The van der Waals surface area contributed by atoms with Crippen LogP contribution in [0.2, 0.25) is 0 Å². The number of rotatable bonds is 13. The van der Waals surface area contributed by atoms with Gasteiger partial charge in [0.15, 0.2) is 0 Å². The van der Waals surface area contributed by atoms with Crippen LogP contribution in [0.4, 0.5) is 9.59 Å². The zero-order chi connectivity index (χ0) is 41.8. The van der Waals surface area contributed by atoms with Crippen LogP contribution in [0.1, 0.15) is 62.0 Å². The molecule has 4 amide bonds. The lowest BCUT2D eigenvalue weighted by molar-refractivity contribution is -0.138. The van der Waals surface area contributed by atoms with Crippen LogP contribution < -0.4 is 5.32 Å². The summed E-state index contributed by atoms with van der Waals surface area (Å²) < 4.78 is 11.9. The van der Waals surface area contributed by atoms with Crippen molar-refractivity contribution in [2.45, 2.75) is 69.3 Å². The van der Waals surface area contributed by atoms with Crippen LogP contribution >= 0.6 is 0 Å². The van der Waals surface area contributed by atoms with Crippen LogP contribution in [-0.2, 0) is 32.5 Å². The Bertz CT molecular complexity index is 2270. The molecule has 2 aromatic carbocycles. The molecule has 3 aromatic heterocycles. The summed E-state index contributed by atoms with van der Waals surface area (Å²) >= 11 is 0. The first-order valence-corrected chi connectivity index (χ1v) is 19.7. The summed E-state index contributed by atoms with van der Waals surface area (Å²) in [6.07, 6.45) is 7.64. The van der Waals surface area contributed by atoms with Gasteiger partial charge in [-0.15, -0.1) is 0 Å². The van der Waals surface area contributed by atoms with Crippen LogP contribution in [-0.4, -0.2) is 126 Å². The fourth-order valence-electron chi connectivity index (χ4n) is 7.99. The minimum atomic E-state index is -1.17. The van der Waals surface area contributed by atoms with Crippen LogP contribution in [0.3, 0.4) is 0 Å². The van der Waals surface area contributed by atoms with Crippen molar-refractivity contribution in [2.75, 3.05) is 34.4 Å². The Labute approximate surface area is 341 Å². The number of carboxylic acid groups (broad SMARTS) is 1. The maximum absolute atomic E-state index is 14.0. The van der Waals surface area contributed by atoms with Gasteiger partial charge in [0.1, 0.15) is 23.7 Å². The molecule has 1 unspecified atom stereocenters. The molecule has 0 bridgehead atoms. The Kier molecular flexibility index (Phi) is 12.1.